The smallest absolute Gasteiger partial charge is 0.155 e. The minimum atomic E-state index is 0.444. The lowest BCUT2D eigenvalue weighted by Crippen LogP contribution is -1.94. The summed E-state index contributed by atoms with van der Waals surface area (Å²) in [7, 11) is 0. The lowest BCUT2D eigenvalue weighted by molar-refractivity contribution is 0.304. The molecule has 4 nitrogen and oxygen atoms in total. The zero-order chi connectivity index (χ0) is 11.4. The van der Waals surface area contributed by atoms with Gasteiger partial charge in [0.15, 0.2) is 5.01 Å². The van der Waals surface area contributed by atoms with E-state index in [2.05, 4.69) is 15.0 Å². The van der Waals surface area contributed by atoms with E-state index in [1.165, 1.54) is 11.3 Å². The van der Waals surface area contributed by atoms with Crippen molar-refractivity contribution in [3.8, 4) is 5.75 Å². The third kappa shape index (κ3) is 2.84. The Kier molecular flexibility index (Phi) is 3.58. The number of aryl methyl sites for hydroxylation is 1. The van der Waals surface area contributed by atoms with E-state index >= 15 is 0 Å². The van der Waals surface area contributed by atoms with Crippen LogP contribution in [0.1, 0.15) is 10.0 Å². The van der Waals surface area contributed by atoms with Crippen LogP contribution in [0.15, 0.2) is 24.3 Å². The number of nitrogens with one attached hydrogen (secondary N) is 1. The lowest BCUT2D eigenvalue weighted by Gasteiger charge is -2.04. The first-order chi connectivity index (χ1) is 7.78. The highest BCUT2D eigenvalue weighted by Gasteiger charge is 2.01. The Hall–Kier alpha value is -1.33. The first kappa shape index (κ1) is 11.2. The molecule has 0 saturated carbocycles. The summed E-state index contributed by atoms with van der Waals surface area (Å²) < 4.78 is 5.54. The van der Waals surface area contributed by atoms with E-state index in [1.54, 1.807) is 0 Å². The maximum absolute atomic E-state index is 5.54. The molecule has 0 aliphatic carbocycles. The van der Waals surface area contributed by atoms with Crippen molar-refractivity contribution in [1.82, 2.24) is 10.2 Å². The van der Waals surface area contributed by atoms with Gasteiger partial charge in [0.1, 0.15) is 17.4 Å². The van der Waals surface area contributed by atoms with Crippen LogP contribution < -0.4 is 9.57 Å². The van der Waals surface area contributed by atoms with Gasteiger partial charge < -0.3 is 4.74 Å². The van der Waals surface area contributed by atoms with Crippen LogP contribution in [0, 0.1) is 6.92 Å². The van der Waals surface area contributed by atoms with Gasteiger partial charge in [0, 0.05) is 17.5 Å². The van der Waals surface area contributed by atoms with E-state index in [4.69, 9.17) is 16.5 Å². The van der Waals surface area contributed by atoms with Crippen LogP contribution in [0.3, 0.4) is 0 Å². The van der Waals surface area contributed by atoms with Crippen LogP contribution in [0.5, 0.6) is 5.75 Å². The first-order valence-electron chi connectivity index (χ1n) is 4.66. The van der Waals surface area contributed by atoms with Crippen LogP contribution in [0.4, 0.5) is 5.69 Å². The van der Waals surface area contributed by atoms with Gasteiger partial charge >= 0.3 is 0 Å². The number of aromatic nitrogens is 2. The second kappa shape index (κ2) is 5.14. The summed E-state index contributed by atoms with van der Waals surface area (Å²) in [6.45, 7) is 2.36. The summed E-state index contributed by atoms with van der Waals surface area (Å²) in [6, 6.07) is 7.37. The normalized spacial score (nSPS) is 10.1. The molecule has 1 aromatic heterocycles. The molecule has 0 unspecified atom stereocenters. The van der Waals surface area contributed by atoms with Crippen molar-refractivity contribution in [3.63, 3.8) is 0 Å². The van der Waals surface area contributed by atoms with Crippen molar-refractivity contribution < 1.29 is 4.74 Å². The van der Waals surface area contributed by atoms with E-state index < -0.39 is 0 Å². The zero-order valence-corrected chi connectivity index (χ0v) is 10.2. The molecule has 2 aromatic rings. The molecule has 0 atom stereocenters. The Labute approximate surface area is 102 Å². The molecule has 84 valence electrons. The van der Waals surface area contributed by atoms with E-state index in [-0.39, 0.29) is 0 Å². The predicted octanol–water partition coefficient (Wildman–Crippen LogP) is 2.99. The molecule has 1 N–H and O–H groups in total. The molecule has 0 bridgehead atoms. The number of benzene rings is 1. The van der Waals surface area contributed by atoms with Crippen molar-refractivity contribution >= 4 is 28.8 Å². The highest BCUT2D eigenvalue weighted by molar-refractivity contribution is 7.11. The van der Waals surface area contributed by atoms with Gasteiger partial charge in [-0.15, -0.1) is 10.2 Å². The highest BCUT2D eigenvalue weighted by Crippen LogP contribution is 2.18. The van der Waals surface area contributed by atoms with Gasteiger partial charge in [0.25, 0.3) is 0 Å². The molecule has 0 saturated heterocycles. The molecule has 0 fully saturated rings. The molecule has 0 radical (unpaired) electrons. The average molecular weight is 256 g/mol. The Bertz CT molecular complexity index is 457. The fraction of sp³-hybridized carbons (Fsp3) is 0.200. The Morgan fingerprint density at radius 3 is 2.62 bits per heavy atom. The van der Waals surface area contributed by atoms with E-state index in [1.807, 2.05) is 31.2 Å². The van der Waals surface area contributed by atoms with Crippen LogP contribution in [-0.4, -0.2) is 10.2 Å². The largest absolute Gasteiger partial charge is 0.486 e. The van der Waals surface area contributed by atoms with Crippen LogP contribution in [0.25, 0.3) is 0 Å². The Morgan fingerprint density at radius 2 is 2.06 bits per heavy atom. The van der Waals surface area contributed by atoms with Crippen LogP contribution >= 0.6 is 23.1 Å². The summed E-state index contributed by atoms with van der Waals surface area (Å²) in [5.41, 5.74) is 0.834. The van der Waals surface area contributed by atoms with Crippen LogP contribution in [0.2, 0.25) is 0 Å². The molecule has 0 aliphatic rings. The topological polar surface area (TPSA) is 47.0 Å². The molecular formula is C10H10ClN3OS. The minimum absolute atomic E-state index is 0.444. The number of nitrogens with zero attached hydrogens (tertiary/aromatic N) is 2. The number of anilines is 1. The third-order valence-corrected chi connectivity index (χ3v) is 2.92. The number of halogens is 1. The molecule has 0 spiro atoms. The highest BCUT2D eigenvalue weighted by atomic mass is 35.5. The van der Waals surface area contributed by atoms with E-state index in [9.17, 15) is 0 Å². The van der Waals surface area contributed by atoms with Crippen molar-refractivity contribution in [2.75, 3.05) is 4.84 Å². The molecule has 6 heteroatoms. The van der Waals surface area contributed by atoms with Gasteiger partial charge in [-0.05, 0) is 31.2 Å². The minimum Gasteiger partial charge on any atom is -0.486 e. The molecular weight excluding hydrogens is 246 g/mol. The SMILES string of the molecule is Cc1nnc(COc2ccc(NCl)cc2)s1. The third-order valence-electron chi connectivity index (χ3n) is 1.89. The second-order valence-corrected chi connectivity index (χ2v) is 4.58. The van der Waals surface area contributed by atoms with Gasteiger partial charge in [-0.2, -0.15) is 0 Å². The van der Waals surface area contributed by atoms with Gasteiger partial charge in [-0.1, -0.05) is 11.3 Å². The van der Waals surface area contributed by atoms with E-state index in [0.29, 0.717) is 6.61 Å². The quantitative estimate of drug-likeness (QED) is 0.854. The van der Waals surface area contributed by atoms with Gasteiger partial charge in [0.2, 0.25) is 0 Å². The number of hydrogen-bond acceptors (Lipinski definition) is 5. The van der Waals surface area contributed by atoms with Gasteiger partial charge in [-0.3, -0.25) is 4.84 Å². The number of ether oxygens (including phenoxy) is 1. The lowest BCUT2D eigenvalue weighted by atomic mass is 10.3. The first-order valence-corrected chi connectivity index (χ1v) is 5.86. The fourth-order valence-electron chi connectivity index (χ4n) is 1.16. The summed E-state index contributed by atoms with van der Waals surface area (Å²) in [6.07, 6.45) is 0. The van der Waals surface area contributed by atoms with Gasteiger partial charge in [0.05, 0.1) is 0 Å². The predicted molar refractivity (Wildman–Crippen MR) is 64.9 cm³/mol. The number of hydrogen-bond donors (Lipinski definition) is 1. The van der Waals surface area contributed by atoms with Crippen molar-refractivity contribution in [2.45, 2.75) is 13.5 Å². The van der Waals surface area contributed by atoms with Crippen molar-refractivity contribution in [3.05, 3.63) is 34.3 Å². The maximum atomic E-state index is 5.54. The fourth-order valence-corrected chi connectivity index (χ4v) is 1.90. The molecule has 1 aromatic carbocycles. The molecule has 1 heterocycles. The summed E-state index contributed by atoms with van der Waals surface area (Å²) in [5, 5.41) is 9.71. The number of rotatable bonds is 4. The van der Waals surface area contributed by atoms with Crippen molar-refractivity contribution in [1.29, 1.82) is 0 Å². The maximum Gasteiger partial charge on any atom is 0.155 e. The zero-order valence-electron chi connectivity index (χ0n) is 8.61. The van der Waals surface area contributed by atoms with Crippen molar-refractivity contribution in [2.24, 2.45) is 0 Å². The average Bonchev–Trinajstić information content (AvgIpc) is 2.73. The molecule has 2 rings (SSSR count). The molecule has 16 heavy (non-hydrogen) atoms. The van der Waals surface area contributed by atoms with Crippen LogP contribution in [-0.2, 0) is 6.61 Å². The monoisotopic (exact) mass is 255 g/mol. The summed E-state index contributed by atoms with van der Waals surface area (Å²) in [4.78, 5) is 2.53. The summed E-state index contributed by atoms with van der Waals surface area (Å²) in [5.74, 6) is 0.781. The molecule has 0 aliphatic heterocycles. The second-order valence-electron chi connectivity index (χ2n) is 3.12. The molecule has 0 amide bonds. The Balaban J connectivity index is 1.94. The summed E-state index contributed by atoms with van der Waals surface area (Å²) >= 11 is 6.98. The van der Waals surface area contributed by atoms with Gasteiger partial charge in [-0.25, -0.2) is 0 Å². The Morgan fingerprint density at radius 1 is 1.31 bits per heavy atom. The standard InChI is InChI=1S/C10H10ClN3OS/c1-7-13-14-10(16-7)6-15-9-4-2-8(12-11)3-5-9/h2-5,12H,6H2,1H3. The van der Waals surface area contributed by atoms with E-state index in [0.717, 1.165) is 21.5 Å².